The van der Waals surface area contributed by atoms with Gasteiger partial charge in [0.2, 0.25) is 5.91 Å². The van der Waals surface area contributed by atoms with Crippen molar-refractivity contribution in [1.82, 2.24) is 0 Å². The second-order valence-electron chi connectivity index (χ2n) is 5.13. The Morgan fingerprint density at radius 1 is 1.37 bits per heavy atom. The minimum atomic E-state index is 0.121. The molecular formula is C16H19NO2. The van der Waals surface area contributed by atoms with E-state index in [2.05, 4.69) is 18.2 Å². The van der Waals surface area contributed by atoms with Crippen molar-refractivity contribution < 1.29 is 9.53 Å². The van der Waals surface area contributed by atoms with Crippen molar-refractivity contribution in [1.29, 1.82) is 0 Å². The van der Waals surface area contributed by atoms with Crippen LogP contribution in [0.25, 0.3) is 6.08 Å². The Morgan fingerprint density at radius 2 is 2.26 bits per heavy atom. The number of nitrogens with zero attached hydrogens (tertiary/aromatic N) is 1. The van der Waals surface area contributed by atoms with E-state index in [1.807, 2.05) is 23.1 Å². The average molecular weight is 257 g/mol. The molecule has 0 radical (unpaired) electrons. The highest BCUT2D eigenvalue weighted by atomic mass is 16.5. The van der Waals surface area contributed by atoms with Crippen molar-refractivity contribution in [3.05, 3.63) is 35.9 Å². The van der Waals surface area contributed by atoms with Gasteiger partial charge in [-0.15, -0.1) is 0 Å². The molecule has 3 rings (SSSR count). The van der Waals surface area contributed by atoms with E-state index in [4.69, 9.17) is 4.74 Å². The van der Waals surface area contributed by atoms with Gasteiger partial charge in [0.05, 0.1) is 18.2 Å². The monoisotopic (exact) mass is 257 g/mol. The first kappa shape index (κ1) is 12.4. The summed E-state index contributed by atoms with van der Waals surface area (Å²) in [5.41, 5.74) is 2.15. The minimum absolute atomic E-state index is 0.121. The summed E-state index contributed by atoms with van der Waals surface area (Å²) in [7, 11) is 0. The Bertz CT molecular complexity index is 489. The van der Waals surface area contributed by atoms with Gasteiger partial charge >= 0.3 is 0 Å². The molecule has 0 saturated carbocycles. The fraction of sp³-hybridized carbons (Fsp3) is 0.438. The third-order valence-corrected chi connectivity index (χ3v) is 3.77. The normalized spacial score (nSPS) is 22.1. The lowest BCUT2D eigenvalue weighted by Gasteiger charge is -2.24. The predicted octanol–water partition coefficient (Wildman–Crippen LogP) is 3.01. The number of hydrogen-bond donors (Lipinski definition) is 0. The molecule has 2 aliphatic rings. The molecule has 1 amide bonds. The molecular weight excluding hydrogens is 238 g/mol. The van der Waals surface area contributed by atoms with Gasteiger partial charge in [-0.25, -0.2) is 0 Å². The second-order valence-corrected chi connectivity index (χ2v) is 5.13. The molecule has 0 aromatic heterocycles. The van der Waals surface area contributed by atoms with Crippen molar-refractivity contribution in [3.8, 4) is 0 Å². The number of fused-ring (bicyclic) bond motifs is 1. The van der Waals surface area contributed by atoms with Gasteiger partial charge in [-0.1, -0.05) is 30.4 Å². The molecule has 2 aliphatic heterocycles. The van der Waals surface area contributed by atoms with E-state index in [1.165, 1.54) is 0 Å². The molecule has 0 spiro atoms. The number of anilines is 1. The Labute approximate surface area is 113 Å². The summed E-state index contributed by atoms with van der Waals surface area (Å²) in [6, 6.07) is 8.09. The van der Waals surface area contributed by atoms with Crippen molar-refractivity contribution in [2.45, 2.75) is 31.8 Å². The topological polar surface area (TPSA) is 29.5 Å². The third kappa shape index (κ3) is 2.71. The van der Waals surface area contributed by atoms with E-state index in [1.54, 1.807) is 0 Å². The number of amides is 1. The molecule has 1 fully saturated rings. The van der Waals surface area contributed by atoms with Crippen molar-refractivity contribution in [2.24, 2.45) is 0 Å². The van der Waals surface area contributed by atoms with Crippen LogP contribution in [0, 0.1) is 0 Å². The van der Waals surface area contributed by atoms with Crippen LogP contribution in [0.2, 0.25) is 0 Å². The molecule has 3 nitrogen and oxygen atoms in total. The van der Waals surface area contributed by atoms with E-state index < -0.39 is 0 Å². The SMILES string of the molecule is O=C(C[C@H]1CCCO1)N1CCC=Cc2ccccc21. The van der Waals surface area contributed by atoms with Gasteiger partial charge in [0.15, 0.2) is 0 Å². The Hall–Kier alpha value is -1.61. The van der Waals surface area contributed by atoms with Gasteiger partial charge in [0, 0.05) is 13.2 Å². The van der Waals surface area contributed by atoms with Crippen LogP contribution in [-0.4, -0.2) is 25.2 Å². The van der Waals surface area contributed by atoms with Crippen LogP contribution in [0.3, 0.4) is 0 Å². The summed E-state index contributed by atoms with van der Waals surface area (Å²) in [6.07, 6.45) is 7.87. The minimum Gasteiger partial charge on any atom is -0.378 e. The van der Waals surface area contributed by atoms with Crippen LogP contribution < -0.4 is 4.90 Å². The fourth-order valence-corrected chi connectivity index (χ4v) is 2.78. The second kappa shape index (κ2) is 5.57. The lowest BCUT2D eigenvalue weighted by molar-refractivity contribution is -0.120. The zero-order valence-corrected chi connectivity index (χ0v) is 11.0. The Morgan fingerprint density at radius 3 is 3.11 bits per heavy atom. The zero-order chi connectivity index (χ0) is 13.1. The van der Waals surface area contributed by atoms with E-state index in [0.717, 1.165) is 43.7 Å². The number of benzene rings is 1. The number of rotatable bonds is 2. The summed E-state index contributed by atoms with van der Waals surface area (Å²) >= 11 is 0. The molecule has 19 heavy (non-hydrogen) atoms. The highest BCUT2D eigenvalue weighted by molar-refractivity contribution is 5.96. The van der Waals surface area contributed by atoms with Gasteiger partial charge in [-0.3, -0.25) is 4.79 Å². The first-order valence-corrected chi connectivity index (χ1v) is 7.02. The van der Waals surface area contributed by atoms with E-state index in [9.17, 15) is 4.79 Å². The molecule has 0 unspecified atom stereocenters. The maximum absolute atomic E-state index is 12.5. The molecule has 1 atom stereocenters. The highest BCUT2D eigenvalue weighted by Gasteiger charge is 2.24. The number of para-hydroxylation sites is 1. The highest BCUT2D eigenvalue weighted by Crippen LogP contribution is 2.27. The average Bonchev–Trinajstić information content (AvgIpc) is 2.83. The van der Waals surface area contributed by atoms with Crippen LogP contribution in [0.4, 0.5) is 5.69 Å². The summed E-state index contributed by atoms with van der Waals surface area (Å²) < 4.78 is 5.57. The lowest BCUT2D eigenvalue weighted by atomic mass is 10.1. The van der Waals surface area contributed by atoms with Crippen LogP contribution in [0.15, 0.2) is 30.3 Å². The maximum atomic E-state index is 12.5. The number of carbonyl (C=O) groups excluding carboxylic acids is 1. The standard InChI is InChI=1S/C16H19NO2/c18-16(12-14-8-5-11-19-14)17-10-4-3-7-13-6-1-2-9-15(13)17/h1-3,6-7,9,14H,4-5,8,10-12H2/t14-/m1/s1. The molecule has 2 heterocycles. The van der Waals surface area contributed by atoms with E-state index >= 15 is 0 Å². The molecule has 1 aromatic carbocycles. The van der Waals surface area contributed by atoms with Gasteiger partial charge in [0.1, 0.15) is 0 Å². The number of hydrogen-bond acceptors (Lipinski definition) is 2. The number of ether oxygens (including phenoxy) is 1. The summed E-state index contributed by atoms with van der Waals surface area (Å²) in [4.78, 5) is 14.4. The van der Waals surface area contributed by atoms with Gasteiger partial charge in [-0.2, -0.15) is 0 Å². The molecule has 3 heteroatoms. The predicted molar refractivity (Wildman–Crippen MR) is 76.0 cm³/mol. The van der Waals surface area contributed by atoms with Crippen LogP contribution in [-0.2, 0) is 9.53 Å². The smallest absolute Gasteiger partial charge is 0.229 e. The Balaban J connectivity index is 1.78. The van der Waals surface area contributed by atoms with E-state index in [0.29, 0.717) is 6.42 Å². The third-order valence-electron chi connectivity index (χ3n) is 3.77. The molecule has 0 bridgehead atoms. The van der Waals surface area contributed by atoms with Crippen LogP contribution in [0.1, 0.15) is 31.2 Å². The molecule has 1 saturated heterocycles. The van der Waals surface area contributed by atoms with Gasteiger partial charge in [-0.05, 0) is 30.9 Å². The van der Waals surface area contributed by atoms with Gasteiger partial charge in [0.25, 0.3) is 0 Å². The first-order valence-electron chi connectivity index (χ1n) is 7.02. The van der Waals surface area contributed by atoms with Crippen molar-refractivity contribution >= 4 is 17.7 Å². The maximum Gasteiger partial charge on any atom is 0.229 e. The summed E-state index contributed by atoms with van der Waals surface area (Å²) in [5, 5.41) is 0. The molecule has 0 aliphatic carbocycles. The van der Waals surface area contributed by atoms with E-state index in [-0.39, 0.29) is 12.0 Å². The number of carbonyl (C=O) groups is 1. The van der Waals surface area contributed by atoms with Crippen LogP contribution in [0.5, 0.6) is 0 Å². The van der Waals surface area contributed by atoms with Crippen molar-refractivity contribution in [2.75, 3.05) is 18.1 Å². The molecule has 0 N–H and O–H groups in total. The van der Waals surface area contributed by atoms with Crippen LogP contribution >= 0.6 is 0 Å². The Kier molecular flexibility index (Phi) is 3.65. The molecule has 100 valence electrons. The lowest BCUT2D eigenvalue weighted by Crippen LogP contribution is -2.34. The zero-order valence-electron chi connectivity index (χ0n) is 11.0. The van der Waals surface area contributed by atoms with Crippen molar-refractivity contribution in [3.63, 3.8) is 0 Å². The summed E-state index contributed by atoms with van der Waals surface area (Å²) in [6.45, 7) is 1.56. The van der Waals surface area contributed by atoms with Gasteiger partial charge < -0.3 is 9.64 Å². The molecule has 1 aromatic rings. The summed E-state index contributed by atoms with van der Waals surface area (Å²) in [5.74, 6) is 0.183. The fourth-order valence-electron chi connectivity index (χ4n) is 2.78. The quantitative estimate of drug-likeness (QED) is 0.815. The first-order chi connectivity index (χ1) is 9.34. The largest absolute Gasteiger partial charge is 0.378 e.